The molecule has 33 heavy (non-hydrogen) atoms. The Bertz CT molecular complexity index is 1130. The van der Waals surface area contributed by atoms with Crippen LogP contribution in [0, 0.1) is 5.92 Å². The van der Waals surface area contributed by atoms with Gasteiger partial charge in [0, 0.05) is 0 Å². The summed E-state index contributed by atoms with van der Waals surface area (Å²) in [6.07, 6.45) is 7.24. The number of hydrogen-bond donors (Lipinski definition) is 2. The van der Waals surface area contributed by atoms with E-state index in [-0.39, 0.29) is 31.2 Å². The lowest BCUT2D eigenvalue weighted by Crippen LogP contribution is -2.35. The standard InChI is InChI=1S/C29H28O4/c30-17-19-32-23-13-9-21(10-14-23)29(22-11-15-24(16-12-22)33-20-18-31)27-7-3-1-5-25(27)26-6-2-4-8-28(26)29/h1-11,13-16,22,30-31H,12,17-20H2. The van der Waals surface area contributed by atoms with Crippen LogP contribution in [0.3, 0.4) is 0 Å². The number of allylic oxidation sites excluding steroid dienone is 3. The van der Waals surface area contributed by atoms with Gasteiger partial charge in [-0.3, -0.25) is 0 Å². The third kappa shape index (κ3) is 3.65. The molecule has 2 aliphatic rings. The molecule has 0 fully saturated rings. The summed E-state index contributed by atoms with van der Waals surface area (Å²) in [5, 5.41) is 18.2. The summed E-state index contributed by atoms with van der Waals surface area (Å²) >= 11 is 0. The van der Waals surface area contributed by atoms with E-state index in [1.165, 1.54) is 27.8 Å². The second-order valence-corrected chi connectivity index (χ2v) is 8.38. The summed E-state index contributed by atoms with van der Waals surface area (Å²) in [6, 6.07) is 25.7. The highest BCUT2D eigenvalue weighted by molar-refractivity contribution is 5.84. The lowest BCUT2D eigenvalue weighted by molar-refractivity contribution is 0.150. The molecular weight excluding hydrogens is 412 g/mol. The molecule has 4 heteroatoms. The zero-order valence-electron chi connectivity index (χ0n) is 18.5. The molecule has 0 saturated carbocycles. The molecule has 3 aromatic rings. The van der Waals surface area contributed by atoms with Gasteiger partial charge in [-0.1, -0.05) is 66.7 Å². The van der Waals surface area contributed by atoms with Gasteiger partial charge in [-0.15, -0.1) is 0 Å². The van der Waals surface area contributed by atoms with Crippen molar-refractivity contribution in [3.05, 3.63) is 113 Å². The van der Waals surface area contributed by atoms with E-state index in [4.69, 9.17) is 19.7 Å². The molecule has 0 amide bonds. The van der Waals surface area contributed by atoms with Gasteiger partial charge in [-0.05, 0) is 64.4 Å². The molecule has 0 spiro atoms. The number of ether oxygens (including phenoxy) is 2. The molecule has 168 valence electrons. The quantitative estimate of drug-likeness (QED) is 0.526. The lowest BCUT2D eigenvalue weighted by atomic mass is 9.62. The van der Waals surface area contributed by atoms with Crippen LogP contribution in [0.5, 0.6) is 5.75 Å². The third-order valence-electron chi connectivity index (χ3n) is 6.65. The molecule has 2 aliphatic carbocycles. The van der Waals surface area contributed by atoms with Gasteiger partial charge in [0.15, 0.2) is 0 Å². The molecular formula is C29H28O4. The number of aliphatic hydroxyl groups excluding tert-OH is 2. The van der Waals surface area contributed by atoms with Gasteiger partial charge >= 0.3 is 0 Å². The van der Waals surface area contributed by atoms with Crippen molar-refractivity contribution in [2.45, 2.75) is 11.8 Å². The number of fused-ring (bicyclic) bond motifs is 3. The highest BCUT2D eigenvalue weighted by atomic mass is 16.5. The summed E-state index contributed by atoms with van der Waals surface area (Å²) < 4.78 is 11.3. The van der Waals surface area contributed by atoms with Crippen molar-refractivity contribution in [2.75, 3.05) is 26.4 Å². The van der Waals surface area contributed by atoms with Crippen LogP contribution in [0.1, 0.15) is 23.1 Å². The van der Waals surface area contributed by atoms with Gasteiger partial charge in [0.05, 0.1) is 18.6 Å². The molecule has 1 atom stereocenters. The minimum atomic E-state index is -0.349. The lowest BCUT2D eigenvalue weighted by Gasteiger charge is -2.40. The average Bonchev–Trinajstić information content (AvgIpc) is 3.18. The maximum Gasteiger partial charge on any atom is 0.119 e. The second kappa shape index (κ2) is 9.26. The van der Waals surface area contributed by atoms with E-state index in [2.05, 4.69) is 72.8 Å². The van der Waals surface area contributed by atoms with Crippen LogP contribution >= 0.6 is 0 Å². The van der Waals surface area contributed by atoms with E-state index < -0.39 is 0 Å². The van der Waals surface area contributed by atoms with Crippen LogP contribution < -0.4 is 4.74 Å². The van der Waals surface area contributed by atoms with Gasteiger partial charge in [0.2, 0.25) is 0 Å². The molecule has 5 rings (SSSR count). The highest BCUT2D eigenvalue weighted by Crippen LogP contribution is 2.58. The Hall–Kier alpha value is -3.34. The smallest absolute Gasteiger partial charge is 0.119 e. The van der Waals surface area contributed by atoms with Crippen molar-refractivity contribution >= 4 is 0 Å². The van der Waals surface area contributed by atoms with Crippen molar-refractivity contribution in [1.82, 2.24) is 0 Å². The van der Waals surface area contributed by atoms with E-state index in [0.29, 0.717) is 6.61 Å². The second-order valence-electron chi connectivity index (χ2n) is 8.38. The van der Waals surface area contributed by atoms with Crippen LogP contribution in [0.4, 0.5) is 0 Å². The SMILES string of the molecule is OCCOC1=CCC(C2(c3ccc(OCCO)cc3)c3ccccc3-c3ccccc32)C=C1. The molecule has 0 saturated heterocycles. The summed E-state index contributed by atoms with van der Waals surface area (Å²) in [7, 11) is 0. The zero-order valence-corrected chi connectivity index (χ0v) is 18.5. The van der Waals surface area contributed by atoms with Crippen molar-refractivity contribution in [1.29, 1.82) is 0 Å². The van der Waals surface area contributed by atoms with Gasteiger partial charge < -0.3 is 19.7 Å². The number of hydrogen-bond acceptors (Lipinski definition) is 4. The first kappa shape index (κ1) is 21.5. The minimum Gasteiger partial charge on any atom is -0.492 e. The Morgan fingerprint density at radius 3 is 1.94 bits per heavy atom. The van der Waals surface area contributed by atoms with E-state index in [1.54, 1.807) is 0 Å². The number of benzene rings is 3. The van der Waals surface area contributed by atoms with E-state index in [1.807, 2.05) is 18.2 Å². The van der Waals surface area contributed by atoms with E-state index >= 15 is 0 Å². The maximum absolute atomic E-state index is 9.11. The normalized spacial score (nSPS) is 17.8. The molecule has 0 aliphatic heterocycles. The summed E-state index contributed by atoms with van der Waals surface area (Å²) in [5.74, 6) is 1.75. The molecule has 0 radical (unpaired) electrons. The van der Waals surface area contributed by atoms with Crippen LogP contribution in [-0.2, 0) is 10.2 Å². The third-order valence-corrected chi connectivity index (χ3v) is 6.65. The summed E-state index contributed by atoms with van der Waals surface area (Å²) in [6.45, 7) is 0.576. The summed E-state index contributed by atoms with van der Waals surface area (Å²) in [5.41, 5.74) is 6.01. The van der Waals surface area contributed by atoms with Crippen LogP contribution in [0.15, 0.2) is 96.8 Å². The predicted molar refractivity (Wildman–Crippen MR) is 129 cm³/mol. The topological polar surface area (TPSA) is 58.9 Å². The first-order valence-electron chi connectivity index (χ1n) is 11.4. The highest BCUT2D eigenvalue weighted by Gasteiger charge is 2.49. The molecule has 0 heterocycles. The van der Waals surface area contributed by atoms with Crippen molar-refractivity contribution < 1.29 is 19.7 Å². The Kier molecular flexibility index (Phi) is 6.03. The van der Waals surface area contributed by atoms with Gasteiger partial charge in [0.1, 0.15) is 24.7 Å². The Morgan fingerprint density at radius 1 is 0.758 bits per heavy atom. The monoisotopic (exact) mass is 440 g/mol. The average molecular weight is 441 g/mol. The molecule has 4 nitrogen and oxygen atoms in total. The fraction of sp³-hybridized carbons (Fsp3) is 0.241. The first-order chi connectivity index (χ1) is 16.3. The Morgan fingerprint density at radius 2 is 1.36 bits per heavy atom. The number of aliphatic hydroxyl groups is 2. The minimum absolute atomic E-state index is 0.00397. The number of rotatable bonds is 8. The van der Waals surface area contributed by atoms with Crippen molar-refractivity contribution in [2.24, 2.45) is 5.92 Å². The molecule has 2 N–H and O–H groups in total. The zero-order chi connectivity index (χ0) is 22.7. The molecule has 0 bridgehead atoms. The van der Waals surface area contributed by atoms with Crippen molar-refractivity contribution in [3.63, 3.8) is 0 Å². The fourth-order valence-electron chi connectivity index (χ4n) is 5.36. The van der Waals surface area contributed by atoms with Gasteiger partial charge in [0.25, 0.3) is 0 Å². The molecule has 3 aromatic carbocycles. The first-order valence-corrected chi connectivity index (χ1v) is 11.4. The van der Waals surface area contributed by atoms with E-state index in [0.717, 1.165) is 17.9 Å². The Balaban J connectivity index is 1.65. The maximum atomic E-state index is 9.11. The van der Waals surface area contributed by atoms with Crippen LogP contribution in [0.25, 0.3) is 11.1 Å². The fourth-order valence-corrected chi connectivity index (χ4v) is 5.36. The molecule has 0 aromatic heterocycles. The van der Waals surface area contributed by atoms with Gasteiger partial charge in [-0.2, -0.15) is 0 Å². The van der Waals surface area contributed by atoms with E-state index in [9.17, 15) is 0 Å². The van der Waals surface area contributed by atoms with Gasteiger partial charge in [-0.25, -0.2) is 0 Å². The summed E-state index contributed by atoms with van der Waals surface area (Å²) in [4.78, 5) is 0. The largest absolute Gasteiger partial charge is 0.492 e. The van der Waals surface area contributed by atoms with Crippen molar-refractivity contribution in [3.8, 4) is 16.9 Å². The van der Waals surface area contributed by atoms with Crippen LogP contribution in [0.2, 0.25) is 0 Å². The van der Waals surface area contributed by atoms with Crippen LogP contribution in [-0.4, -0.2) is 36.6 Å². The molecule has 1 unspecified atom stereocenters. The predicted octanol–water partition coefficient (Wildman–Crippen LogP) is 4.84. The Labute approximate surface area is 194 Å².